The number of hydrogen-bond donors (Lipinski definition) is 2. The fraction of sp³-hybridized carbons (Fsp3) is 0. The van der Waals surface area contributed by atoms with E-state index in [9.17, 15) is 0 Å². The molecule has 1 aromatic rings. The second kappa shape index (κ2) is 5.68. The zero-order chi connectivity index (χ0) is 6.24. The highest BCUT2D eigenvalue weighted by molar-refractivity contribution is 5.32. The molecule has 0 aliphatic rings. The molecule has 2 N–H and O–H groups in total. The number of nitrogens with one attached hydrogen (secondary N) is 1. The van der Waals surface area contributed by atoms with E-state index in [2.05, 4.69) is 9.97 Å². The summed E-state index contributed by atoms with van der Waals surface area (Å²) in [5.41, 5.74) is 0. The molecule has 0 atom stereocenters. The van der Waals surface area contributed by atoms with Crippen molar-refractivity contribution >= 4 is 6.47 Å². The van der Waals surface area contributed by atoms with E-state index in [0.29, 0.717) is 0 Å². The first-order valence-corrected chi connectivity index (χ1v) is 1.92. The molecule has 44 valence electrons. The van der Waals surface area contributed by atoms with Crippen molar-refractivity contribution in [1.82, 2.24) is 9.97 Å². The molecule has 0 aliphatic carbocycles. The Morgan fingerprint density at radius 2 is 2.38 bits per heavy atom. The summed E-state index contributed by atoms with van der Waals surface area (Å²) in [7, 11) is 0. The average molecular weight is 114 g/mol. The lowest BCUT2D eigenvalue weighted by atomic mass is 11.0. The van der Waals surface area contributed by atoms with Gasteiger partial charge in [0.15, 0.2) is 0 Å². The maximum absolute atomic E-state index is 8.36. The van der Waals surface area contributed by atoms with E-state index in [0.717, 1.165) is 0 Å². The van der Waals surface area contributed by atoms with E-state index in [1.807, 2.05) is 0 Å². The topological polar surface area (TPSA) is 66.0 Å². The fourth-order valence-corrected chi connectivity index (χ4v) is 0.215. The van der Waals surface area contributed by atoms with Gasteiger partial charge in [-0.1, -0.05) is 0 Å². The van der Waals surface area contributed by atoms with Gasteiger partial charge >= 0.3 is 0 Å². The summed E-state index contributed by atoms with van der Waals surface area (Å²) in [6.07, 6.45) is 5.08. The fourth-order valence-electron chi connectivity index (χ4n) is 0.215. The molecule has 0 aromatic carbocycles. The summed E-state index contributed by atoms with van der Waals surface area (Å²) in [6, 6.07) is 0. The Morgan fingerprint density at radius 3 is 2.50 bits per heavy atom. The van der Waals surface area contributed by atoms with Crippen molar-refractivity contribution < 1.29 is 9.90 Å². The predicted molar refractivity (Wildman–Crippen MR) is 27.3 cm³/mol. The van der Waals surface area contributed by atoms with E-state index in [4.69, 9.17) is 9.90 Å². The number of rotatable bonds is 0. The minimum atomic E-state index is -0.250. The van der Waals surface area contributed by atoms with Crippen LogP contribution in [0.1, 0.15) is 0 Å². The van der Waals surface area contributed by atoms with Crippen LogP contribution in [0, 0.1) is 0 Å². The summed E-state index contributed by atoms with van der Waals surface area (Å²) < 4.78 is 0. The van der Waals surface area contributed by atoms with Crippen LogP contribution in [-0.4, -0.2) is 21.5 Å². The third-order valence-corrected chi connectivity index (χ3v) is 0.406. The van der Waals surface area contributed by atoms with Crippen LogP contribution >= 0.6 is 0 Å². The Labute approximate surface area is 46.2 Å². The molecule has 0 amide bonds. The van der Waals surface area contributed by atoms with E-state index in [-0.39, 0.29) is 6.47 Å². The van der Waals surface area contributed by atoms with E-state index in [1.165, 1.54) is 0 Å². The monoisotopic (exact) mass is 114 g/mol. The second-order valence-electron chi connectivity index (χ2n) is 0.866. The smallest absolute Gasteiger partial charge is 0.290 e. The summed E-state index contributed by atoms with van der Waals surface area (Å²) >= 11 is 0. The Bertz CT molecular complexity index is 98.4. The van der Waals surface area contributed by atoms with Gasteiger partial charge in [-0.25, -0.2) is 4.98 Å². The van der Waals surface area contributed by atoms with Crippen molar-refractivity contribution in [3.8, 4) is 0 Å². The van der Waals surface area contributed by atoms with Crippen LogP contribution in [0.3, 0.4) is 0 Å². The number of nitrogens with zero attached hydrogens (tertiary/aromatic N) is 1. The van der Waals surface area contributed by atoms with Crippen molar-refractivity contribution in [3.63, 3.8) is 0 Å². The highest BCUT2D eigenvalue weighted by Gasteiger charge is 1.56. The number of imidazole rings is 1. The molecule has 0 unspecified atom stereocenters. The zero-order valence-electron chi connectivity index (χ0n) is 4.11. The van der Waals surface area contributed by atoms with Crippen LogP contribution in [-0.2, 0) is 4.79 Å². The van der Waals surface area contributed by atoms with Crippen LogP contribution in [0.2, 0.25) is 0 Å². The number of H-pyrrole nitrogens is 1. The largest absolute Gasteiger partial charge is 0.483 e. The lowest BCUT2D eigenvalue weighted by molar-refractivity contribution is -0.122. The highest BCUT2D eigenvalue weighted by atomic mass is 16.3. The molecule has 0 fully saturated rings. The molecular formula is C4H6N2O2. The first-order chi connectivity index (χ1) is 3.91. The second-order valence-corrected chi connectivity index (χ2v) is 0.866. The third-order valence-electron chi connectivity index (χ3n) is 0.406. The van der Waals surface area contributed by atoms with Crippen molar-refractivity contribution in [1.29, 1.82) is 0 Å². The molecule has 4 heteroatoms. The average Bonchev–Trinajstić information content (AvgIpc) is 2.17. The van der Waals surface area contributed by atoms with Gasteiger partial charge in [-0.05, 0) is 0 Å². The Balaban J connectivity index is 0.000000145. The maximum atomic E-state index is 8.36. The van der Waals surface area contributed by atoms with Gasteiger partial charge in [0.1, 0.15) is 0 Å². The number of carbonyl (C=O) groups is 1. The van der Waals surface area contributed by atoms with Crippen molar-refractivity contribution in [2.45, 2.75) is 0 Å². The molecule has 0 aliphatic heterocycles. The van der Waals surface area contributed by atoms with Gasteiger partial charge in [0.05, 0.1) is 6.33 Å². The van der Waals surface area contributed by atoms with Crippen LogP contribution in [0.4, 0.5) is 0 Å². The minimum Gasteiger partial charge on any atom is -0.483 e. The van der Waals surface area contributed by atoms with Gasteiger partial charge in [0, 0.05) is 12.4 Å². The Morgan fingerprint density at radius 1 is 1.75 bits per heavy atom. The lowest BCUT2D eigenvalue weighted by Gasteiger charge is -1.46. The van der Waals surface area contributed by atoms with Gasteiger partial charge < -0.3 is 10.1 Å². The molecule has 1 rings (SSSR count). The summed E-state index contributed by atoms with van der Waals surface area (Å²) in [5.74, 6) is 0. The van der Waals surface area contributed by atoms with Crippen molar-refractivity contribution in [2.75, 3.05) is 0 Å². The molecule has 0 bridgehead atoms. The highest BCUT2D eigenvalue weighted by Crippen LogP contribution is 1.62. The summed E-state index contributed by atoms with van der Waals surface area (Å²) in [5, 5.41) is 6.89. The Kier molecular flexibility index (Phi) is 4.74. The number of aromatic nitrogens is 2. The van der Waals surface area contributed by atoms with Crippen LogP contribution < -0.4 is 0 Å². The minimum absolute atomic E-state index is 0.250. The SMILES string of the molecule is O=CO.c1c[nH]cn1. The number of hydrogen-bond acceptors (Lipinski definition) is 2. The van der Waals surface area contributed by atoms with Gasteiger partial charge in [-0.3, -0.25) is 4.79 Å². The predicted octanol–water partition coefficient (Wildman–Crippen LogP) is 0.111. The molecule has 4 nitrogen and oxygen atoms in total. The van der Waals surface area contributed by atoms with Crippen molar-refractivity contribution in [3.05, 3.63) is 18.7 Å². The van der Waals surface area contributed by atoms with E-state index >= 15 is 0 Å². The van der Waals surface area contributed by atoms with Crippen molar-refractivity contribution in [2.24, 2.45) is 0 Å². The molecule has 0 saturated carbocycles. The Hall–Kier alpha value is -1.32. The number of carboxylic acid groups (broad SMARTS) is 1. The third kappa shape index (κ3) is 4.68. The molecule has 1 aromatic heterocycles. The maximum Gasteiger partial charge on any atom is 0.290 e. The first kappa shape index (κ1) is 6.68. The van der Waals surface area contributed by atoms with E-state index in [1.54, 1.807) is 18.7 Å². The quantitative estimate of drug-likeness (QED) is 0.470. The summed E-state index contributed by atoms with van der Waals surface area (Å²) in [4.78, 5) is 14.8. The molecule has 1 heterocycles. The zero-order valence-corrected chi connectivity index (χ0v) is 4.11. The van der Waals surface area contributed by atoms with Gasteiger partial charge in [0.25, 0.3) is 6.47 Å². The molecule has 8 heavy (non-hydrogen) atoms. The van der Waals surface area contributed by atoms with E-state index < -0.39 is 0 Å². The van der Waals surface area contributed by atoms with Gasteiger partial charge in [0.2, 0.25) is 0 Å². The van der Waals surface area contributed by atoms with Crippen LogP contribution in [0.15, 0.2) is 18.7 Å². The summed E-state index contributed by atoms with van der Waals surface area (Å²) in [6.45, 7) is -0.250. The molecule has 0 radical (unpaired) electrons. The van der Waals surface area contributed by atoms with Gasteiger partial charge in [-0.15, -0.1) is 0 Å². The molecule has 0 spiro atoms. The number of aromatic amines is 1. The normalized spacial score (nSPS) is 6.50. The van der Waals surface area contributed by atoms with Gasteiger partial charge in [-0.2, -0.15) is 0 Å². The molecular weight excluding hydrogens is 108 g/mol. The van der Waals surface area contributed by atoms with Crippen LogP contribution in [0.5, 0.6) is 0 Å². The molecule has 0 saturated heterocycles. The lowest BCUT2D eigenvalue weighted by Crippen LogP contribution is -1.49. The van der Waals surface area contributed by atoms with Crippen LogP contribution in [0.25, 0.3) is 0 Å². The first-order valence-electron chi connectivity index (χ1n) is 1.92. The standard InChI is InChI=1S/C3H4N2.CH2O2/c1-2-5-3-4-1;2-1-3/h1-3H,(H,4,5);1H,(H,2,3).